The quantitative estimate of drug-likeness (QED) is 0.259. The van der Waals surface area contributed by atoms with Crippen LogP contribution in [0, 0.1) is 0 Å². The third kappa shape index (κ3) is 4.95. The maximum atomic E-state index is 2.45. The largest absolute Gasteiger partial charge is 1.00 e. The van der Waals surface area contributed by atoms with E-state index in [4.69, 9.17) is 0 Å². The van der Waals surface area contributed by atoms with E-state index in [0.29, 0.717) is 0 Å². The number of hydrogen-bond donors (Lipinski definition) is 0. The number of hydrogen-bond acceptors (Lipinski definition) is 0. The summed E-state index contributed by atoms with van der Waals surface area (Å²) >= 11 is -2.22. The molecule has 0 heterocycles. The molecule has 7 rings (SSSR count). The first-order valence-electron chi connectivity index (χ1n) is 13.5. The molecule has 2 aliphatic carbocycles. The minimum atomic E-state index is -2.22. The zero-order valence-corrected chi connectivity index (χ0v) is 27.8. The van der Waals surface area contributed by atoms with Crippen LogP contribution in [-0.4, -0.2) is 6.65 Å². The molecule has 0 aliphatic heterocycles. The summed E-state index contributed by atoms with van der Waals surface area (Å²) < 4.78 is 3.68. The van der Waals surface area contributed by atoms with Crippen molar-refractivity contribution < 1.29 is 45.7 Å². The topological polar surface area (TPSA) is 0 Å². The normalized spacial score (nSPS) is 14.1. The molecule has 0 spiro atoms. The van der Waals surface area contributed by atoms with E-state index >= 15 is 0 Å². The Morgan fingerprint density at radius 2 is 1.03 bits per heavy atom. The molecule has 5 aromatic carbocycles. The maximum Gasteiger partial charge on any atom is -1.00 e. The third-order valence-electron chi connectivity index (χ3n) is 8.41. The van der Waals surface area contributed by atoms with Crippen molar-refractivity contribution in [2.75, 3.05) is 0 Å². The van der Waals surface area contributed by atoms with Gasteiger partial charge in [0.2, 0.25) is 0 Å². The minimum absolute atomic E-state index is 0. The monoisotopic (exact) mass is 639 g/mol. The molecule has 2 aliphatic rings. The van der Waals surface area contributed by atoms with E-state index in [2.05, 4.69) is 117 Å². The average molecular weight is 642 g/mol. The molecule has 0 radical (unpaired) electrons. The maximum absolute atomic E-state index is 2.45. The molecule has 0 bridgehead atoms. The number of fused-ring (bicyclic) bond motifs is 6. The van der Waals surface area contributed by atoms with Gasteiger partial charge < -0.3 is 24.8 Å². The van der Waals surface area contributed by atoms with E-state index in [0.717, 1.165) is 12.8 Å². The van der Waals surface area contributed by atoms with Crippen molar-refractivity contribution in [2.45, 2.75) is 32.7 Å². The van der Waals surface area contributed by atoms with Crippen molar-refractivity contribution in [1.82, 2.24) is 0 Å². The molecule has 0 nitrogen and oxygen atoms in total. The molecular weight excluding hydrogens is 611 g/mol. The Kier molecular flexibility index (Phi) is 8.51. The Morgan fingerprint density at radius 3 is 1.54 bits per heavy atom. The second-order valence-corrected chi connectivity index (χ2v) is 24.5. The van der Waals surface area contributed by atoms with Gasteiger partial charge in [-0.25, -0.2) is 0 Å². The van der Waals surface area contributed by atoms with E-state index in [1.54, 1.807) is 33.4 Å². The number of halogens is 2. The van der Waals surface area contributed by atoms with Gasteiger partial charge in [0.05, 0.1) is 0 Å². The van der Waals surface area contributed by atoms with Crippen LogP contribution in [0.2, 0.25) is 0 Å². The van der Waals surface area contributed by atoms with E-state index in [-0.39, 0.29) is 31.5 Å². The van der Waals surface area contributed by atoms with E-state index in [1.165, 1.54) is 33.2 Å². The Morgan fingerprint density at radius 1 is 0.564 bits per heavy atom. The minimum Gasteiger partial charge on any atom is -1.00 e. The predicted octanol–water partition coefficient (Wildman–Crippen LogP) is 2.18. The molecule has 5 aromatic rings. The smallest absolute Gasteiger partial charge is 1.00 e. The van der Waals surface area contributed by atoms with Crippen LogP contribution in [0.3, 0.4) is 0 Å². The molecule has 193 valence electrons. The summed E-state index contributed by atoms with van der Waals surface area (Å²) in [4.78, 5) is 0. The fourth-order valence-corrected chi connectivity index (χ4v) is 28.0. The zero-order chi connectivity index (χ0) is 24.9. The molecular formula is C35H31Cl2SiZr. The molecule has 0 aromatic heterocycles. The number of benzene rings is 5. The SMILES string of the molecule is CC1=[C]([Zr+2]([SiH2]Cc2ccccc2)[C]2=C(C)Cc3ccc4ccccc4c32)c2c(ccc3ccccc23)C1.[Cl-].[Cl-]. The Balaban J connectivity index is 0.00000154. The van der Waals surface area contributed by atoms with Crippen molar-refractivity contribution in [3.8, 4) is 0 Å². The molecule has 0 unspecified atom stereocenters. The van der Waals surface area contributed by atoms with Gasteiger partial charge in [0.25, 0.3) is 0 Å². The van der Waals surface area contributed by atoms with Gasteiger partial charge in [0.15, 0.2) is 0 Å². The third-order valence-corrected chi connectivity index (χ3v) is 25.7. The molecule has 0 saturated carbocycles. The van der Waals surface area contributed by atoms with E-state index in [1.807, 2.05) is 6.56 Å². The van der Waals surface area contributed by atoms with E-state index in [9.17, 15) is 0 Å². The molecule has 0 atom stereocenters. The second-order valence-electron chi connectivity index (χ2n) is 10.8. The van der Waals surface area contributed by atoms with E-state index < -0.39 is 20.9 Å². The van der Waals surface area contributed by atoms with Gasteiger partial charge in [0.1, 0.15) is 0 Å². The van der Waals surface area contributed by atoms with Crippen LogP contribution in [0.4, 0.5) is 0 Å². The number of rotatable bonds is 5. The van der Waals surface area contributed by atoms with Crippen molar-refractivity contribution in [2.24, 2.45) is 0 Å². The predicted molar refractivity (Wildman–Crippen MR) is 159 cm³/mol. The first-order chi connectivity index (χ1) is 18.2. The fraction of sp³-hybridized carbons (Fsp3) is 0.143. The van der Waals surface area contributed by atoms with Gasteiger partial charge in [-0.05, 0) is 0 Å². The first kappa shape index (κ1) is 28.3. The van der Waals surface area contributed by atoms with Crippen LogP contribution in [0.1, 0.15) is 41.7 Å². The molecule has 0 amide bonds. The van der Waals surface area contributed by atoms with Crippen molar-refractivity contribution in [3.63, 3.8) is 0 Å². The van der Waals surface area contributed by atoms with Crippen LogP contribution in [-0.2, 0) is 39.8 Å². The first-order valence-corrected chi connectivity index (χ1v) is 22.9. The zero-order valence-electron chi connectivity index (χ0n) is 22.4. The molecule has 39 heavy (non-hydrogen) atoms. The van der Waals surface area contributed by atoms with Gasteiger partial charge in [0, 0.05) is 0 Å². The average Bonchev–Trinajstić information content (AvgIpc) is 3.46. The van der Waals surface area contributed by atoms with Gasteiger partial charge in [-0.15, -0.1) is 0 Å². The van der Waals surface area contributed by atoms with Gasteiger partial charge in [-0.3, -0.25) is 0 Å². The number of allylic oxidation sites excluding steroid dienone is 2. The summed E-state index contributed by atoms with van der Waals surface area (Å²) in [7, 11) is 0. The van der Waals surface area contributed by atoms with Gasteiger partial charge >= 0.3 is 230 Å². The second kappa shape index (κ2) is 11.7. The van der Waals surface area contributed by atoms with Gasteiger partial charge in [-0.1, -0.05) is 0 Å². The van der Waals surface area contributed by atoms with Crippen molar-refractivity contribution in [3.05, 3.63) is 142 Å². The summed E-state index contributed by atoms with van der Waals surface area (Å²) in [5.41, 5.74) is 11.2. The molecule has 0 saturated heterocycles. The molecule has 0 N–H and O–H groups in total. The van der Waals surface area contributed by atoms with Crippen LogP contribution < -0.4 is 24.8 Å². The van der Waals surface area contributed by atoms with Crippen LogP contribution in [0.25, 0.3) is 28.1 Å². The van der Waals surface area contributed by atoms with Crippen LogP contribution in [0.5, 0.6) is 0 Å². The Bertz CT molecular complexity index is 1640. The molecule has 0 fully saturated rings. The van der Waals surface area contributed by atoms with Gasteiger partial charge in [-0.2, -0.15) is 0 Å². The van der Waals surface area contributed by atoms with Crippen molar-refractivity contribution >= 4 is 34.8 Å². The Labute approximate surface area is 253 Å². The Hall–Kier alpha value is -2.22. The summed E-state index contributed by atoms with van der Waals surface area (Å²) in [6.07, 6.45) is 2.27. The van der Waals surface area contributed by atoms with Crippen LogP contribution >= 0.6 is 0 Å². The summed E-state index contributed by atoms with van der Waals surface area (Å²) in [5, 5.41) is 5.74. The van der Waals surface area contributed by atoms with Crippen LogP contribution in [0.15, 0.2) is 114 Å². The summed E-state index contributed by atoms with van der Waals surface area (Å²) in [6, 6.07) is 40.4. The molecule has 4 heteroatoms. The summed E-state index contributed by atoms with van der Waals surface area (Å²) in [5.74, 6) is 0. The summed E-state index contributed by atoms with van der Waals surface area (Å²) in [6.45, 7) is 4.58. The fourth-order valence-electron chi connectivity index (χ4n) is 6.80. The van der Waals surface area contributed by atoms with Crippen molar-refractivity contribution in [1.29, 1.82) is 0 Å². The standard InChI is InChI=1S/2C14H11.C7H9Si.2ClH.Zr/c2*1-10-8-12-7-6-11-4-2-3-5-13(11)14(12)9-10;8-6-7-4-2-1-3-5-7;;;/h2*2-7H,8H2,1H3;1-5H,6,8H2;2*1H;/q;;;;;+2/p-2.